The number of carbonyl (C=O) groups is 2. The molecule has 6 rings (SSSR count). The zero-order chi connectivity index (χ0) is 26.1. The van der Waals surface area contributed by atoms with Crippen LogP contribution in [0.25, 0.3) is 22.2 Å². The third-order valence-corrected chi connectivity index (χ3v) is 7.52. The van der Waals surface area contributed by atoms with E-state index >= 15 is 0 Å². The van der Waals surface area contributed by atoms with Crippen LogP contribution in [0.3, 0.4) is 0 Å². The van der Waals surface area contributed by atoms with Crippen LogP contribution < -0.4 is 5.32 Å². The number of fused-ring (bicyclic) bond motifs is 2. The van der Waals surface area contributed by atoms with Crippen LogP contribution in [-0.4, -0.2) is 79.6 Å². The molecular weight excluding hydrogens is 487 g/mol. The number of hydrogen-bond donors (Lipinski definition) is 2. The summed E-state index contributed by atoms with van der Waals surface area (Å²) in [6.45, 7) is 1.07. The number of H-pyrrole nitrogens is 1. The summed E-state index contributed by atoms with van der Waals surface area (Å²) in [6.07, 6.45) is 7.69. The van der Waals surface area contributed by atoms with Gasteiger partial charge in [0.15, 0.2) is 0 Å². The smallest absolute Gasteiger partial charge is 0.237 e. The molecule has 1 saturated heterocycles. The zero-order valence-corrected chi connectivity index (χ0v) is 20.7. The average Bonchev–Trinajstić information content (AvgIpc) is 3.58. The summed E-state index contributed by atoms with van der Waals surface area (Å²) in [5, 5.41) is 11.2. The van der Waals surface area contributed by atoms with Gasteiger partial charge >= 0.3 is 0 Å². The number of aromatic nitrogens is 5. The standard InChI is InChI=1S/C27H27FN8O2/c28-15-27(6-10-35(16-27)14-24(37)36-9-5-22-19(13-36)12-30-17-31-22)26(38)32-20-1-2-23-21(11-20)25(34-33-23)18-3-7-29-8-4-18/h1-4,7-8,11-12,17H,5-6,9-10,13-16H2,(H,32,38)(H,33,34). The van der Waals surface area contributed by atoms with Gasteiger partial charge in [0.25, 0.3) is 0 Å². The molecule has 11 heteroatoms. The second-order valence-electron chi connectivity index (χ2n) is 9.96. The van der Waals surface area contributed by atoms with Crippen molar-refractivity contribution < 1.29 is 14.0 Å². The SMILES string of the molecule is O=C(CN1CCC(CF)(C(=O)Nc2ccc3[nH]nc(-c4ccncc4)c3c2)C1)N1CCc2ncncc2C1. The second-order valence-corrected chi connectivity index (χ2v) is 9.96. The van der Waals surface area contributed by atoms with Crippen LogP contribution in [0.1, 0.15) is 17.7 Å². The molecule has 2 aliphatic heterocycles. The molecule has 194 valence electrons. The predicted molar refractivity (Wildman–Crippen MR) is 139 cm³/mol. The van der Waals surface area contributed by atoms with Gasteiger partial charge in [0.1, 0.15) is 18.7 Å². The number of alkyl halides is 1. The van der Waals surface area contributed by atoms with Gasteiger partial charge in [-0.05, 0) is 43.3 Å². The normalized spacial score (nSPS) is 19.4. The van der Waals surface area contributed by atoms with Gasteiger partial charge < -0.3 is 10.2 Å². The number of pyridine rings is 1. The van der Waals surface area contributed by atoms with E-state index in [1.54, 1.807) is 29.6 Å². The summed E-state index contributed by atoms with van der Waals surface area (Å²) >= 11 is 0. The maximum Gasteiger partial charge on any atom is 0.237 e. The Morgan fingerprint density at radius 3 is 2.84 bits per heavy atom. The van der Waals surface area contributed by atoms with Crippen LogP contribution in [0.15, 0.2) is 55.2 Å². The summed E-state index contributed by atoms with van der Waals surface area (Å²) < 4.78 is 14.4. The molecule has 1 unspecified atom stereocenters. The number of nitrogens with zero attached hydrogens (tertiary/aromatic N) is 6. The molecule has 1 atom stereocenters. The summed E-state index contributed by atoms with van der Waals surface area (Å²) in [4.78, 5) is 42.4. The van der Waals surface area contributed by atoms with Crippen molar-refractivity contribution in [2.24, 2.45) is 5.41 Å². The van der Waals surface area contributed by atoms with Crippen LogP contribution in [0.4, 0.5) is 10.1 Å². The van der Waals surface area contributed by atoms with E-state index in [0.29, 0.717) is 38.2 Å². The largest absolute Gasteiger partial charge is 0.337 e. The van der Waals surface area contributed by atoms with Gasteiger partial charge in [0.05, 0.1) is 23.2 Å². The number of hydrogen-bond acceptors (Lipinski definition) is 7. The first-order valence-electron chi connectivity index (χ1n) is 12.6. The number of amides is 2. The third-order valence-electron chi connectivity index (χ3n) is 7.52. The fourth-order valence-corrected chi connectivity index (χ4v) is 5.30. The van der Waals surface area contributed by atoms with Crippen LogP contribution in [-0.2, 0) is 22.6 Å². The molecule has 2 aliphatic rings. The molecule has 2 N–H and O–H groups in total. The number of halogens is 1. The summed E-state index contributed by atoms with van der Waals surface area (Å²) in [5.41, 5.74) is 3.75. The summed E-state index contributed by atoms with van der Waals surface area (Å²) in [6, 6.07) is 9.18. The summed E-state index contributed by atoms with van der Waals surface area (Å²) in [7, 11) is 0. The lowest BCUT2D eigenvalue weighted by molar-refractivity contribution is -0.134. The Morgan fingerprint density at radius 1 is 1.13 bits per heavy atom. The molecule has 0 aliphatic carbocycles. The van der Waals surface area contributed by atoms with E-state index in [2.05, 4.69) is 30.5 Å². The lowest BCUT2D eigenvalue weighted by Crippen LogP contribution is -2.45. The zero-order valence-electron chi connectivity index (χ0n) is 20.7. The monoisotopic (exact) mass is 514 g/mol. The molecule has 0 bridgehead atoms. The highest BCUT2D eigenvalue weighted by Gasteiger charge is 2.45. The molecule has 1 fully saturated rings. The van der Waals surface area contributed by atoms with Crippen molar-refractivity contribution in [1.29, 1.82) is 0 Å². The van der Waals surface area contributed by atoms with Crippen LogP contribution in [0.2, 0.25) is 0 Å². The lowest BCUT2D eigenvalue weighted by Gasteiger charge is -2.30. The van der Waals surface area contributed by atoms with E-state index in [4.69, 9.17) is 0 Å². The topological polar surface area (TPSA) is 120 Å². The van der Waals surface area contributed by atoms with Crippen molar-refractivity contribution in [3.8, 4) is 11.3 Å². The fourth-order valence-electron chi connectivity index (χ4n) is 5.30. The van der Waals surface area contributed by atoms with E-state index in [1.165, 1.54) is 6.33 Å². The van der Waals surface area contributed by atoms with Crippen molar-refractivity contribution in [2.45, 2.75) is 19.4 Å². The maximum absolute atomic E-state index is 14.4. The van der Waals surface area contributed by atoms with E-state index in [9.17, 15) is 14.0 Å². The average molecular weight is 515 g/mol. The maximum atomic E-state index is 14.4. The fraction of sp³-hybridized carbons (Fsp3) is 0.333. The van der Waals surface area contributed by atoms with Crippen LogP contribution in [0, 0.1) is 5.41 Å². The van der Waals surface area contributed by atoms with Gasteiger partial charge in [-0.3, -0.25) is 24.6 Å². The van der Waals surface area contributed by atoms with Crippen molar-refractivity contribution in [3.05, 3.63) is 66.5 Å². The van der Waals surface area contributed by atoms with E-state index in [1.807, 2.05) is 29.2 Å². The number of rotatable bonds is 6. The number of nitrogens with one attached hydrogen (secondary N) is 2. The Hall–Kier alpha value is -4.25. The molecule has 0 saturated carbocycles. The van der Waals surface area contributed by atoms with Crippen molar-refractivity contribution in [2.75, 3.05) is 38.2 Å². The predicted octanol–water partition coefficient (Wildman–Crippen LogP) is 2.60. The van der Waals surface area contributed by atoms with Crippen LogP contribution >= 0.6 is 0 Å². The Balaban J connectivity index is 1.13. The highest BCUT2D eigenvalue weighted by atomic mass is 19.1. The highest BCUT2D eigenvalue weighted by molar-refractivity contribution is 6.00. The molecular formula is C27H27FN8O2. The molecule has 3 aromatic heterocycles. The molecule has 38 heavy (non-hydrogen) atoms. The molecule has 0 spiro atoms. The molecule has 4 aromatic rings. The van der Waals surface area contributed by atoms with Crippen molar-refractivity contribution in [1.82, 2.24) is 34.9 Å². The molecule has 1 aromatic carbocycles. The third kappa shape index (κ3) is 4.49. The Labute approximate surface area is 218 Å². The van der Waals surface area contributed by atoms with Crippen molar-refractivity contribution in [3.63, 3.8) is 0 Å². The lowest BCUT2D eigenvalue weighted by atomic mass is 9.87. The molecule has 2 amide bonds. The van der Waals surface area contributed by atoms with Gasteiger partial charge in [0.2, 0.25) is 11.8 Å². The highest BCUT2D eigenvalue weighted by Crippen LogP contribution is 2.34. The Morgan fingerprint density at radius 2 is 2.00 bits per heavy atom. The van der Waals surface area contributed by atoms with E-state index in [-0.39, 0.29) is 24.9 Å². The number of carbonyl (C=O) groups excluding carboxylic acids is 2. The second kappa shape index (κ2) is 9.90. The Kier molecular flexibility index (Phi) is 6.28. The van der Waals surface area contributed by atoms with Gasteiger partial charge in [-0.25, -0.2) is 14.4 Å². The van der Waals surface area contributed by atoms with Crippen molar-refractivity contribution >= 4 is 28.4 Å². The minimum Gasteiger partial charge on any atom is -0.337 e. The molecule has 5 heterocycles. The number of aromatic amines is 1. The van der Waals surface area contributed by atoms with Gasteiger partial charge in [-0.15, -0.1) is 0 Å². The first kappa shape index (κ1) is 24.1. The number of likely N-dealkylation sites (tertiary alicyclic amines) is 1. The minimum atomic E-state index is -1.21. The van der Waals surface area contributed by atoms with Gasteiger partial charge in [-0.2, -0.15) is 5.10 Å². The first-order chi connectivity index (χ1) is 18.5. The van der Waals surface area contributed by atoms with Crippen LogP contribution in [0.5, 0.6) is 0 Å². The first-order valence-corrected chi connectivity index (χ1v) is 12.6. The Bertz CT molecular complexity index is 1490. The molecule has 0 radical (unpaired) electrons. The minimum absolute atomic E-state index is 0.0383. The van der Waals surface area contributed by atoms with Gasteiger partial charge in [0, 0.05) is 66.8 Å². The van der Waals surface area contributed by atoms with E-state index < -0.39 is 12.1 Å². The summed E-state index contributed by atoms with van der Waals surface area (Å²) in [5.74, 6) is -0.420. The number of anilines is 1. The molecule has 10 nitrogen and oxygen atoms in total. The quantitative estimate of drug-likeness (QED) is 0.406. The van der Waals surface area contributed by atoms with Gasteiger partial charge in [-0.1, -0.05) is 0 Å². The number of benzene rings is 1. The van der Waals surface area contributed by atoms with E-state index in [0.717, 1.165) is 33.4 Å².